The quantitative estimate of drug-likeness (QED) is 0.835. The lowest BCUT2D eigenvalue weighted by atomic mass is 10.2. The highest BCUT2D eigenvalue weighted by Crippen LogP contribution is 2.21. The van der Waals surface area contributed by atoms with Gasteiger partial charge in [0.25, 0.3) is 0 Å². The first-order chi connectivity index (χ1) is 12.3. The van der Waals surface area contributed by atoms with E-state index in [0.29, 0.717) is 6.54 Å². The Morgan fingerprint density at radius 3 is 2.56 bits per heavy atom. The summed E-state index contributed by atoms with van der Waals surface area (Å²) in [6.07, 6.45) is 3.86. The Morgan fingerprint density at radius 1 is 1.15 bits per heavy atom. The summed E-state index contributed by atoms with van der Waals surface area (Å²) in [5.74, 6) is 1.80. The number of carbonyl (C=O) groups is 1. The predicted octanol–water partition coefficient (Wildman–Crippen LogP) is 2.58. The van der Waals surface area contributed by atoms with E-state index < -0.39 is 0 Å². The molecule has 1 N–H and O–H groups in total. The van der Waals surface area contributed by atoms with Crippen LogP contribution >= 0.6 is 24.8 Å². The molecule has 6 nitrogen and oxygen atoms in total. The normalized spacial score (nSPS) is 20.0. The molecule has 148 valence electrons. The van der Waals surface area contributed by atoms with Crippen LogP contribution in [0, 0.1) is 0 Å². The molecule has 8 heteroatoms. The fourth-order valence-electron chi connectivity index (χ4n) is 3.55. The van der Waals surface area contributed by atoms with Gasteiger partial charge in [-0.1, -0.05) is 30.3 Å². The van der Waals surface area contributed by atoms with Gasteiger partial charge in [0.2, 0.25) is 11.8 Å². The zero-order chi connectivity index (χ0) is 17.1. The maximum absolute atomic E-state index is 12.4. The molecule has 0 spiro atoms. The predicted molar refractivity (Wildman–Crippen MR) is 109 cm³/mol. The van der Waals surface area contributed by atoms with Crippen molar-refractivity contribution in [1.29, 1.82) is 0 Å². The van der Waals surface area contributed by atoms with E-state index in [1.54, 1.807) is 6.20 Å². The number of carbonyl (C=O) groups excluding carboxylic acids is 1. The second-order valence-corrected chi connectivity index (χ2v) is 6.73. The van der Waals surface area contributed by atoms with Crippen molar-refractivity contribution in [3.05, 3.63) is 42.4 Å². The molecule has 0 bridgehead atoms. The number of rotatable bonds is 4. The fraction of sp³-hybridized carbons (Fsp3) is 0.474. The van der Waals surface area contributed by atoms with Crippen molar-refractivity contribution >= 4 is 30.7 Å². The van der Waals surface area contributed by atoms with E-state index in [1.807, 2.05) is 35.2 Å². The molecule has 1 atom stereocenters. The van der Waals surface area contributed by atoms with Gasteiger partial charge in [0.1, 0.15) is 0 Å². The molecule has 2 fully saturated rings. The van der Waals surface area contributed by atoms with E-state index >= 15 is 0 Å². The molecule has 3 heterocycles. The van der Waals surface area contributed by atoms with Crippen molar-refractivity contribution < 1.29 is 9.21 Å². The van der Waals surface area contributed by atoms with Crippen LogP contribution in [0.4, 0.5) is 0 Å². The second-order valence-electron chi connectivity index (χ2n) is 6.73. The van der Waals surface area contributed by atoms with Gasteiger partial charge in [-0.05, 0) is 19.4 Å². The lowest BCUT2D eigenvalue weighted by Gasteiger charge is -2.35. The molecule has 1 aromatic carbocycles. The van der Waals surface area contributed by atoms with Gasteiger partial charge in [-0.2, -0.15) is 0 Å². The van der Waals surface area contributed by atoms with Crippen LogP contribution in [0.2, 0.25) is 0 Å². The largest absolute Gasteiger partial charge is 0.439 e. The van der Waals surface area contributed by atoms with Crippen LogP contribution in [0.1, 0.15) is 18.7 Å². The molecule has 1 amide bonds. The Bertz CT molecular complexity index is 712. The molecule has 2 aliphatic rings. The number of benzene rings is 1. The van der Waals surface area contributed by atoms with Crippen molar-refractivity contribution in [3.8, 4) is 11.3 Å². The smallest absolute Gasteiger partial charge is 0.239 e. The SMILES string of the molecule is Cl.Cl.O=C(C1CCCN1)N1CCN(Cc2ncc(-c3ccccc3)o2)CC1. The van der Waals surface area contributed by atoms with Gasteiger partial charge in [0.05, 0.1) is 18.8 Å². The molecule has 1 aromatic heterocycles. The number of nitrogens with one attached hydrogen (secondary N) is 1. The number of aromatic nitrogens is 1. The molecule has 0 aliphatic carbocycles. The average Bonchev–Trinajstić information content (AvgIpc) is 3.35. The summed E-state index contributed by atoms with van der Waals surface area (Å²) < 4.78 is 5.88. The number of hydrogen-bond acceptors (Lipinski definition) is 5. The molecule has 2 saturated heterocycles. The lowest BCUT2D eigenvalue weighted by Crippen LogP contribution is -2.52. The Labute approximate surface area is 172 Å². The average molecular weight is 413 g/mol. The zero-order valence-electron chi connectivity index (χ0n) is 15.2. The van der Waals surface area contributed by atoms with Gasteiger partial charge in [0.15, 0.2) is 5.76 Å². The Kier molecular flexibility index (Phi) is 8.10. The van der Waals surface area contributed by atoms with E-state index in [-0.39, 0.29) is 36.8 Å². The van der Waals surface area contributed by atoms with Gasteiger partial charge in [-0.3, -0.25) is 9.69 Å². The maximum atomic E-state index is 12.4. The number of hydrogen-bond donors (Lipinski definition) is 1. The minimum atomic E-state index is 0. The third kappa shape index (κ3) is 5.23. The first-order valence-electron chi connectivity index (χ1n) is 9.04. The van der Waals surface area contributed by atoms with Gasteiger partial charge < -0.3 is 14.6 Å². The third-order valence-electron chi connectivity index (χ3n) is 5.01. The molecular formula is C19H26Cl2N4O2. The number of nitrogens with zero attached hydrogens (tertiary/aromatic N) is 3. The lowest BCUT2D eigenvalue weighted by molar-refractivity contribution is -0.134. The van der Waals surface area contributed by atoms with Crippen LogP contribution in [0.3, 0.4) is 0 Å². The van der Waals surface area contributed by atoms with Crippen LogP contribution in [-0.4, -0.2) is 59.5 Å². The van der Waals surface area contributed by atoms with E-state index in [0.717, 1.165) is 62.8 Å². The topological polar surface area (TPSA) is 61.6 Å². The minimum absolute atomic E-state index is 0. The maximum Gasteiger partial charge on any atom is 0.239 e. The molecule has 27 heavy (non-hydrogen) atoms. The van der Waals surface area contributed by atoms with Crippen LogP contribution in [-0.2, 0) is 11.3 Å². The fourth-order valence-corrected chi connectivity index (χ4v) is 3.55. The van der Waals surface area contributed by atoms with E-state index in [2.05, 4.69) is 15.2 Å². The molecule has 1 unspecified atom stereocenters. The van der Waals surface area contributed by atoms with Gasteiger partial charge in [-0.25, -0.2) is 4.98 Å². The summed E-state index contributed by atoms with van der Waals surface area (Å²) in [5, 5.41) is 3.29. The second kappa shape index (κ2) is 10.1. The Balaban J connectivity index is 0.00000131. The highest BCUT2D eigenvalue weighted by molar-refractivity contribution is 5.85. The van der Waals surface area contributed by atoms with Crippen molar-refractivity contribution in [2.24, 2.45) is 0 Å². The minimum Gasteiger partial charge on any atom is -0.439 e. The first kappa shape index (κ1) is 21.7. The number of halogens is 2. The summed E-state index contributed by atoms with van der Waals surface area (Å²) in [4.78, 5) is 21.1. The summed E-state index contributed by atoms with van der Waals surface area (Å²) in [6, 6.07) is 10.0. The summed E-state index contributed by atoms with van der Waals surface area (Å²) in [5.41, 5.74) is 1.04. The summed E-state index contributed by atoms with van der Waals surface area (Å²) in [7, 11) is 0. The molecule has 2 aliphatic heterocycles. The third-order valence-corrected chi connectivity index (χ3v) is 5.01. The Hall–Kier alpha value is -1.60. The van der Waals surface area contributed by atoms with Crippen LogP contribution < -0.4 is 5.32 Å². The van der Waals surface area contributed by atoms with Crippen LogP contribution in [0.25, 0.3) is 11.3 Å². The molecule has 0 radical (unpaired) electrons. The van der Waals surface area contributed by atoms with Crippen molar-refractivity contribution in [2.75, 3.05) is 32.7 Å². The van der Waals surface area contributed by atoms with Crippen molar-refractivity contribution in [1.82, 2.24) is 20.1 Å². The molecular weight excluding hydrogens is 387 g/mol. The van der Waals surface area contributed by atoms with Crippen molar-refractivity contribution in [2.45, 2.75) is 25.4 Å². The molecule has 2 aromatic rings. The van der Waals surface area contributed by atoms with Crippen LogP contribution in [0.15, 0.2) is 40.9 Å². The van der Waals surface area contributed by atoms with Gasteiger partial charge >= 0.3 is 0 Å². The molecule has 4 rings (SSSR count). The number of piperazine rings is 1. The monoisotopic (exact) mass is 412 g/mol. The Morgan fingerprint density at radius 2 is 1.89 bits per heavy atom. The molecule has 0 saturated carbocycles. The van der Waals surface area contributed by atoms with Gasteiger partial charge in [0, 0.05) is 31.7 Å². The number of oxazole rings is 1. The van der Waals surface area contributed by atoms with Crippen LogP contribution in [0.5, 0.6) is 0 Å². The highest BCUT2D eigenvalue weighted by Gasteiger charge is 2.29. The number of amides is 1. The van der Waals surface area contributed by atoms with E-state index in [9.17, 15) is 4.79 Å². The zero-order valence-corrected chi connectivity index (χ0v) is 16.8. The van der Waals surface area contributed by atoms with E-state index in [1.165, 1.54) is 0 Å². The van der Waals surface area contributed by atoms with E-state index in [4.69, 9.17) is 4.42 Å². The highest BCUT2D eigenvalue weighted by atomic mass is 35.5. The summed E-state index contributed by atoms with van der Waals surface area (Å²) in [6.45, 7) is 4.94. The summed E-state index contributed by atoms with van der Waals surface area (Å²) >= 11 is 0. The first-order valence-corrected chi connectivity index (χ1v) is 9.04. The van der Waals surface area contributed by atoms with Gasteiger partial charge in [-0.15, -0.1) is 24.8 Å². The van der Waals surface area contributed by atoms with Crippen molar-refractivity contribution in [3.63, 3.8) is 0 Å². The standard InChI is InChI=1S/C19H24N4O2.2ClH/c24-19(16-7-4-8-20-16)23-11-9-22(10-12-23)14-18-21-13-17(25-18)15-5-2-1-3-6-15;;/h1-3,5-6,13,16,20H,4,7-12,14H2;2*1H.